The molecule has 0 saturated carbocycles. The quantitative estimate of drug-likeness (QED) is 0.745. The van der Waals surface area contributed by atoms with E-state index in [1.807, 2.05) is 54.6 Å². The Labute approximate surface area is 162 Å². The van der Waals surface area contributed by atoms with E-state index in [0.717, 1.165) is 30.0 Å². The zero-order valence-corrected chi connectivity index (χ0v) is 16.1. The van der Waals surface area contributed by atoms with Crippen LogP contribution in [0.1, 0.15) is 37.3 Å². The number of ether oxygens (including phenoxy) is 1. The Kier molecular flexibility index (Phi) is 7.28. The Balaban J connectivity index is 1.49. The molecule has 3 rings (SSSR count). The normalized spacial score (nSPS) is 17.9. The average molecular weight is 367 g/mol. The van der Waals surface area contributed by atoms with Gasteiger partial charge in [0.15, 0.2) is 0 Å². The SMILES string of the molecule is CC(CC(=O)NCc1ccccc1OCc1ccccc1)C1CCCNC1. The number of amides is 1. The highest BCUT2D eigenvalue weighted by molar-refractivity contribution is 5.76. The third kappa shape index (κ3) is 6.10. The van der Waals surface area contributed by atoms with Crippen LogP contribution in [-0.2, 0) is 17.9 Å². The number of hydrogen-bond donors (Lipinski definition) is 2. The number of piperidine rings is 1. The van der Waals surface area contributed by atoms with E-state index in [1.54, 1.807) is 0 Å². The Morgan fingerprint density at radius 3 is 2.74 bits per heavy atom. The Morgan fingerprint density at radius 2 is 1.96 bits per heavy atom. The first-order chi connectivity index (χ1) is 13.2. The summed E-state index contributed by atoms with van der Waals surface area (Å²) >= 11 is 0. The molecular weight excluding hydrogens is 336 g/mol. The second-order valence-corrected chi connectivity index (χ2v) is 7.45. The number of carbonyl (C=O) groups excluding carboxylic acids is 1. The molecule has 4 nitrogen and oxygen atoms in total. The molecule has 0 aliphatic carbocycles. The first kappa shape index (κ1) is 19.4. The van der Waals surface area contributed by atoms with Crippen LogP contribution < -0.4 is 15.4 Å². The number of para-hydroxylation sites is 1. The van der Waals surface area contributed by atoms with E-state index in [9.17, 15) is 4.79 Å². The Bertz CT molecular complexity index is 711. The lowest BCUT2D eigenvalue weighted by Gasteiger charge is -2.28. The van der Waals surface area contributed by atoms with Gasteiger partial charge in [0.05, 0.1) is 0 Å². The third-order valence-electron chi connectivity index (χ3n) is 5.33. The van der Waals surface area contributed by atoms with Crippen molar-refractivity contribution in [3.05, 3.63) is 65.7 Å². The van der Waals surface area contributed by atoms with Crippen molar-refractivity contribution in [3.63, 3.8) is 0 Å². The van der Waals surface area contributed by atoms with Gasteiger partial charge in [-0.15, -0.1) is 0 Å². The van der Waals surface area contributed by atoms with Crippen LogP contribution in [-0.4, -0.2) is 19.0 Å². The lowest BCUT2D eigenvalue weighted by atomic mass is 9.85. The maximum Gasteiger partial charge on any atom is 0.220 e. The van der Waals surface area contributed by atoms with Gasteiger partial charge >= 0.3 is 0 Å². The summed E-state index contributed by atoms with van der Waals surface area (Å²) in [6, 6.07) is 18.0. The van der Waals surface area contributed by atoms with Gasteiger partial charge in [0.2, 0.25) is 5.91 Å². The Morgan fingerprint density at radius 1 is 1.19 bits per heavy atom. The van der Waals surface area contributed by atoms with Gasteiger partial charge in [0, 0.05) is 18.5 Å². The number of benzene rings is 2. The molecule has 0 aromatic heterocycles. The molecule has 2 aromatic rings. The van der Waals surface area contributed by atoms with Crippen LogP contribution in [0, 0.1) is 11.8 Å². The number of nitrogens with one attached hydrogen (secondary N) is 2. The highest BCUT2D eigenvalue weighted by Gasteiger charge is 2.22. The van der Waals surface area contributed by atoms with E-state index in [2.05, 4.69) is 17.6 Å². The van der Waals surface area contributed by atoms with Crippen molar-refractivity contribution in [3.8, 4) is 5.75 Å². The molecule has 2 aromatic carbocycles. The van der Waals surface area contributed by atoms with Crippen LogP contribution in [0.4, 0.5) is 0 Å². The van der Waals surface area contributed by atoms with Crippen molar-refractivity contribution < 1.29 is 9.53 Å². The lowest BCUT2D eigenvalue weighted by Crippen LogP contribution is -2.35. The second kappa shape index (κ2) is 10.1. The first-order valence-corrected chi connectivity index (χ1v) is 9.94. The van der Waals surface area contributed by atoms with Gasteiger partial charge in [-0.25, -0.2) is 0 Å². The minimum absolute atomic E-state index is 0.117. The van der Waals surface area contributed by atoms with Crippen molar-refractivity contribution in [1.82, 2.24) is 10.6 Å². The first-order valence-electron chi connectivity index (χ1n) is 9.94. The molecule has 2 atom stereocenters. The summed E-state index contributed by atoms with van der Waals surface area (Å²) in [5.41, 5.74) is 2.14. The molecule has 27 heavy (non-hydrogen) atoms. The highest BCUT2D eigenvalue weighted by Crippen LogP contribution is 2.23. The fourth-order valence-corrected chi connectivity index (χ4v) is 3.62. The van der Waals surface area contributed by atoms with E-state index >= 15 is 0 Å². The lowest BCUT2D eigenvalue weighted by molar-refractivity contribution is -0.122. The molecule has 2 unspecified atom stereocenters. The molecular formula is C23H30N2O2. The van der Waals surface area contributed by atoms with Crippen molar-refractivity contribution in [2.24, 2.45) is 11.8 Å². The zero-order chi connectivity index (χ0) is 18.9. The van der Waals surface area contributed by atoms with Gasteiger partial charge in [-0.05, 0) is 49.4 Å². The van der Waals surface area contributed by atoms with Crippen LogP contribution in [0.25, 0.3) is 0 Å². The Hall–Kier alpha value is -2.33. The van der Waals surface area contributed by atoms with E-state index in [1.165, 1.54) is 12.8 Å². The zero-order valence-electron chi connectivity index (χ0n) is 16.1. The summed E-state index contributed by atoms with van der Waals surface area (Å²) in [6.07, 6.45) is 3.01. The predicted octanol–water partition coefficient (Wildman–Crippen LogP) is 3.91. The van der Waals surface area contributed by atoms with Crippen LogP contribution in [0.15, 0.2) is 54.6 Å². The maximum absolute atomic E-state index is 12.4. The second-order valence-electron chi connectivity index (χ2n) is 7.45. The van der Waals surface area contributed by atoms with E-state index in [4.69, 9.17) is 4.74 Å². The van der Waals surface area contributed by atoms with Gasteiger partial charge in [-0.1, -0.05) is 55.5 Å². The van der Waals surface area contributed by atoms with E-state index in [0.29, 0.717) is 31.4 Å². The number of rotatable bonds is 8. The smallest absolute Gasteiger partial charge is 0.220 e. The number of carbonyl (C=O) groups is 1. The summed E-state index contributed by atoms with van der Waals surface area (Å²) in [4.78, 5) is 12.4. The van der Waals surface area contributed by atoms with Crippen LogP contribution >= 0.6 is 0 Å². The molecule has 144 valence electrons. The van der Waals surface area contributed by atoms with Gasteiger partial charge < -0.3 is 15.4 Å². The van der Waals surface area contributed by atoms with Gasteiger partial charge in [0.1, 0.15) is 12.4 Å². The molecule has 1 aliphatic rings. The van der Waals surface area contributed by atoms with Gasteiger partial charge in [-0.2, -0.15) is 0 Å². The van der Waals surface area contributed by atoms with E-state index < -0.39 is 0 Å². The third-order valence-corrected chi connectivity index (χ3v) is 5.33. The molecule has 0 radical (unpaired) electrons. The highest BCUT2D eigenvalue weighted by atomic mass is 16.5. The van der Waals surface area contributed by atoms with Crippen molar-refractivity contribution in [2.45, 2.75) is 39.3 Å². The molecule has 2 N–H and O–H groups in total. The standard InChI is InChI=1S/C23H30N2O2/c1-18(20-11-7-13-24-15-20)14-23(26)25-16-21-10-5-6-12-22(21)27-17-19-8-3-2-4-9-19/h2-6,8-10,12,18,20,24H,7,11,13-17H2,1H3,(H,25,26). The molecule has 0 bridgehead atoms. The van der Waals surface area contributed by atoms with Crippen LogP contribution in [0.5, 0.6) is 5.75 Å². The summed E-state index contributed by atoms with van der Waals surface area (Å²) in [7, 11) is 0. The van der Waals surface area contributed by atoms with Gasteiger partial charge in [0.25, 0.3) is 0 Å². The molecule has 1 heterocycles. The monoisotopic (exact) mass is 366 g/mol. The summed E-state index contributed by atoms with van der Waals surface area (Å²) < 4.78 is 5.97. The summed E-state index contributed by atoms with van der Waals surface area (Å²) in [5.74, 6) is 1.95. The average Bonchev–Trinajstić information content (AvgIpc) is 2.72. The molecule has 1 saturated heterocycles. The minimum atomic E-state index is 0.117. The van der Waals surface area contributed by atoms with E-state index in [-0.39, 0.29) is 5.91 Å². The molecule has 1 aliphatic heterocycles. The fourth-order valence-electron chi connectivity index (χ4n) is 3.62. The topological polar surface area (TPSA) is 50.4 Å². The van der Waals surface area contributed by atoms with Crippen molar-refractivity contribution in [2.75, 3.05) is 13.1 Å². The molecule has 4 heteroatoms. The predicted molar refractivity (Wildman–Crippen MR) is 108 cm³/mol. The maximum atomic E-state index is 12.4. The van der Waals surface area contributed by atoms with Crippen LogP contribution in [0.2, 0.25) is 0 Å². The summed E-state index contributed by atoms with van der Waals surface area (Å²) in [6.45, 7) is 5.35. The summed E-state index contributed by atoms with van der Waals surface area (Å²) in [5, 5.41) is 6.50. The molecule has 0 spiro atoms. The molecule has 1 amide bonds. The van der Waals surface area contributed by atoms with Crippen molar-refractivity contribution >= 4 is 5.91 Å². The minimum Gasteiger partial charge on any atom is -0.489 e. The van der Waals surface area contributed by atoms with Gasteiger partial charge in [-0.3, -0.25) is 4.79 Å². The fraction of sp³-hybridized carbons (Fsp3) is 0.435. The van der Waals surface area contributed by atoms with Crippen LogP contribution in [0.3, 0.4) is 0 Å². The van der Waals surface area contributed by atoms with Crippen molar-refractivity contribution in [1.29, 1.82) is 0 Å². The number of hydrogen-bond acceptors (Lipinski definition) is 3. The molecule has 1 fully saturated rings. The largest absolute Gasteiger partial charge is 0.489 e.